The van der Waals surface area contributed by atoms with Crippen LogP contribution in [-0.4, -0.2) is 40.7 Å². The lowest BCUT2D eigenvalue weighted by atomic mass is 9.88. The first kappa shape index (κ1) is 19.8. The molecule has 0 bridgehead atoms. The van der Waals surface area contributed by atoms with Crippen LogP contribution in [0.15, 0.2) is 18.2 Å². The highest BCUT2D eigenvalue weighted by Gasteiger charge is 2.49. The lowest BCUT2D eigenvalue weighted by Gasteiger charge is -2.40. The number of hydrogen-bond acceptors (Lipinski definition) is 4. The summed E-state index contributed by atoms with van der Waals surface area (Å²) in [6.45, 7) is 6.40. The van der Waals surface area contributed by atoms with E-state index >= 15 is 0 Å². The predicted octanol–water partition coefficient (Wildman–Crippen LogP) is 4.69. The number of halogens is 3. The van der Waals surface area contributed by atoms with E-state index in [0.29, 0.717) is 13.1 Å². The molecule has 0 unspecified atom stereocenters. The fraction of sp³-hybridized carbons (Fsp3) is 0.684. The molecule has 1 saturated heterocycles. The molecular formula is C19H26F3N3O2. The highest BCUT2D eigenvalue weighted by atomic mass is 19.4. The van der Waals surface area contributed by atoms with Crippen LogP contribution < -0.4 is 5.32 Å². The number of rotatable bonds is 3. The predicted molar refractivity (Wildman–Crippen MR) is 95.4 cm³/mol. The second-order valence-corrected chi connectivity index (χ2v) is 8.57. The molecule has 1 spiro atoms. The summed E-state index contributed by atoms with van der Waals surface area (Å²) < 4.78 is 44.0. The van der Waals surface area contributed by atoms with Gasteiger partial charge in [0.2, 0.25) is 0 Å². The molecule has 1 aromatic rings. The summed E-state index contributed by atoms with van der Waals surface area (Å²) in [6, 6.07) is 3.64. The Kier molecular flexibility index (Phi) is 5.03. The number of nitrogens with zero attached hydrogens (tertiary/aromatic N) is 2. The highest BCUT2D eigenvalue weighted by Crippen LogP contribution is 2.55. The van der Waals surface area contributed by atoms with Gasteiger partial charge >= 0.3 is 12.3 Å². The molecule has 0 aromatic carbocycles. The van der Waals surface area contributed by atoms with Gasteiger partial charge in [0.15, 0.2) is 0 Å². The quantitative estimate of drug-likeness (QED) is 0.820. The van der Waals surface area contributed by atoms with E-state index in [0.717, 1.165) is 31.7 Å². The number of likely N-dealkylation sites (tertiary alicyclic amines) is 1. The van der Waals surface area contributed by atoms with Crippen LogP contribution in [0.4, 0.5) is 23.8 Å². The maximum absolute atomic E-state index is 12.8. The lowest BCUT2D eigenvalue weighted by Crippen LogP contribution is -2.51. The first-order chi connectivity index (χ1) is 12.5. The van der Waals surface area contributed by atoms with Crippen molar-refractivity contribution < 1.29 is 22.7 Å². The van der Waals surface area contributed by atoms with Gasteiger partial charge in [0.25, 0.3) is 0 Å². The van der Waals surface area contributed by atoms with Gasteiger partial charge in [-0.1, -0.05) is 6.07 Å². The van der Waals surface area contributed by atoms with Gasteiger partial charge in [-0.15, -0.1) is 0 Å². The molecule has 2 heterocycles. The first-order valence-electron chi connectivity index (χ1n) is 9.25. The standard InChI is InChI=1S/C19H26F3N3O2/c1-17(2,3)27-16(26)25-10-9-18(7-8-18)11-13(25)12-23-15-6-4-5-14(24-15)19(20,21)22/h4-6,13H,7-12H2,1-3H3,(H,23,24)/t13-/m0/s1. The van der Waals surface area contributed by atoms with Crippen LogP contribution in [-0.2, 0) is 10.9 Å². The van der Waals surface area contributed by atoms with Crippen molar-refractivity contribution in [1.82, 2.24) is 9.88 Å². The van der Waals surface area contributed by atoms with Crippen LogP contribution >= 0.6 is 0 Å². The number of pyridine rings is 1. The van der Waals surface area contributed by atoms with Gasteiger partial charge in [0, 0.05) is 13.1 Å². The summed E-state index contributed by atoms with van der Waals surface area (Å²) in [5.74, 6) is 0.157. The van der Waals surface area contributed by atoms with Gasteiger partial charge in [-0.25, -0.2) is 9.78 Å². The molecule has 1 aromatic heterocycles. The van der Waals surface area contributed by atoms with Crippen molar-refractivity contribution in [3.05, 3.63) is 23.9 Å². The van der Waals surface area contributed by atoms with E-state index in [2.05, 4.69) is 10.3 Å². The normalized spacial score (nSPS) is 21.9. The van der Waals surface area contributed by atoms with Crippen LogP contribution in [0.1, 0.15) is 52.1 Å². The molecule has 1 atom stereocenters. The van der Waals surface area contributed by atoms with Crippen molar-refractivity contribution in [2.45, 2.75) is 64.3 Å². The van der Waals surface area contributed by atoms with Crippen LogP contribution in [0.5, 0.6) is 0 Å². The van der Waals surface area contributed by atoms with E-state index in [1.54, 1.807) is 4.90 Å². The molecule has 1 aliphatic heterocycles. The molecule has 27 heavy (non-hydrogen) atoms. The zero-order chi connectivity index (χ0) is 19.9. The van der Waals surface area contributed by atoms with Gasteiger partial charge < -0.3 is 15.0 Å². The van der Waals surface area contributed by atoms with Crippen molar-refractivity contribution in [3.8, 4) is 0 Å². The Morgan fingerprint density at radius 3 is 2.59 bits per heavy atom. The maximum Gasteiger partial charge on any atom is 0.433 e. The van der Waals surface area contributed by atoms with E-state index in [-0.39, 0.29) is 23.4 Å². The molecule has 3 rings (SSSR count). The van der Waals surface area contributed by atoms with E-state index in [4.69, 9.17) is 4.74 Å². The third-order valence-electron chi connectivity index (χ3n) is 5.14. The molecule has 0 radical (unpaired) electrons. The zero-order valence-electron chi connectivity index (χ0n) is 15.9. The summed E-state index contributed by atoms with van der Waals surface area (Å²) in [4.78, 5) is 17.9. The number of carbonyl (C=O) groups excluding carboxylic acids is 1. The Bertz CT molecular complexity index is 696. The summed E-state index contributed by atoms with van der Waals surface area (Å²) in [6.07, 6.45) is -0.783. The van der Waals surface area contributed by atoms with Crippen LogP contribution in [0.3, 0.4) is 0 Å². The molecule has 2 fully saturated rings. The average molecular weight is 385 g/mol. The topological polar surface area (TPSA) is 54.5 Å². The lowest BCUT2D eigenvalue weighted by molar-refractivity contribution is -0.141. The van der Waals surface area contributed by atoms with Crippen molar-refractivity contribution in [2.24, 2.45) is 5.41 Å². The minimum atomic E-state index is -4.48. The molecule has 1 amide bonds. The van der Waals surface area contributed by atoms with E-state index in [1.165, 1.54) is 12.1 Å². The van der Waals surface area contributed by atoms with Gasteiger partial charge in [-0.3, -0.25) is 0 Å². The van der Waals surface area contributed by atoms with E-state index in [1.807, 2.05) is 20.8 Å². The summed E-state index contributed by atoms with van der Waals surface area (Å²) in [5.41, 5.74) is -1.24. The second-order valence-electron chi connectivity index (χ2n) is 8.57. The van der Waals surface area contributed by atoms with Crippen molar-refractivity contribution >= 4 is 11.9 Å². The average Bonchev–Trinajstić information content (AvgIpc) is 3.29. The molecular weight excluding hydrogens is 359 g/mol. The number of amides is 1. The number of nitrogens with one attached hydrogen (secondary N) is 1. The third-order valence-corrected chi connectivity index (χ3v) is 5.14. The second kappa shape index (κ2) is 6.87. The zero-order valence-corrected chi connectivity index (χ0v) is 15.9. The smallest absolute Gasteiger partial charge is 0.433 e. The Hall–Kier alpha value is -1.99. The molecule has 1 aliphatic carbocycles. The Balaban J connectivity index is 1.69. The number of hydrogen-bond donors (Lipinski definition) is 1. The molecule has 150 valence electrons. The highest BCUT2D eigenvalue weighted by molar-refractivity contribution is 5.69. The molecule has 8 heteroatoms. The fourth-order valence-corrected chi connectivity index (χ4v) is 3.54. The fourth-order valence-electron chi connectivity index (χ4n) is 3.54. The largest absolute Gasteiger partial charge is 0.444 e. The maximum atomic E-state index is 12.8. The molecule has 2 aliphatic rings. The van der Waals surface area contributed by atoms with Crippen molar-refractivity contribution in [2.75, 3.05) is 18.4 Å². The first-order valence-corrected chi connectivity index (χ1v) is 9.25. The molecule has 1 N–H and O–H groups in total. The third kappa shape index (κ3) is 5.05. The number of aromatic nitrogens is 1. The van der Waals surface area contributed by atoms with Gasteiger partial charge in [-0.2, -0.15) is 13.2 Å². The van der Waals surface area contributed by atoms with Crippen LogP contribution in [0.2, 0.25) is 0 Å². The van der Waals surface area contributed by atoms with Crippen LogP contribution in [0.25, 0.3) is 0 Å². The summed E-state index contributed by atoms with van der Waals surface area (Å²) >= 11 is 0. The minimum absolute atomic E-state index is 0.132. The van der Waals surface area contributed by atoms with Gasteiger partial charge in [0.1, 0.15) is 17.1 Å². The van der Waals surface area contributed by atoms with E-state index < -0.39 is 17.5 Å². The summed E-state index contributed by atoms with van der Waals surface area (Å²) in [5, 5.41) is 2.98. The number of ether oxygens (including phenoxy) is 1. The van der Waals surface area contributed by atoms with Crippen LogP contribution in [0, 0.1) is 5.41 Å². The summed E-state index contributed by atoms with van der Waals surface area (Å²) in [7, 11) is 0. The Labute approximate surface area is 157 Å². The molecule has 5 nitrogen and oxygen atoms in total. The molecule has 1 saturated carbocycles. The number of carbonyl (C=O) groups is 1. The Morgan fingerprint density at radius 1 is 1.30 bits per heavy atom. The Morgan fingerprint density at radius 2 is 2.00 bits per heavy atom. The number of alkyl halides is 3. The van der Waals surface area contributed by atoms with E-state index in [9.17, 15) is 18.0 Å². The van der Waals surface area contributed by atoms with Crippen molar-refractivity contribution in [1.29, 1.82) is 0 Å². The monoisotopic (exact) mass is 385 g/mol. The minimum Gasteiger partial charge on any atom is -0.444 e. The SMILES string of the molecule is CC(C)(C)OC(=O)N1CCC2(CC2)C[C@H]1CNc1cccc(C(F)(F)F)n1. The number of anilines is 1. The van der Waals surface area contributed by atoms with Gasteiger partial charge in [-0.05, 0) is 64.0 Å². The number of piperidine rings is 1. The van der Waals surface area contributed by atoms with Gasteiger partial charge in [0.05, 0.1) is 6.04 Å². The van der Waals surface area contributed by atoms with Crippen molar-refractivity contribution in [3.63, 3.8) is 0 Å².